The van der Waals surface area contributed by atoms with E-state index in [2.05, 4.69) is 38.9 Å². The highest BCUT2D eigenvalue weighted by molar-refractivity contribution is 7.09. The zero-order valence-electron chi connectivity index (χ0n) is 10.2. The highest BCUT2D eigenvalue weighted by Gasteiger charge is 2.30. The number of fused-ring (bicyclic) bond motifs is 1. The normalized spacial score (nSPS) is 17.1. The lowest BCUT2D eigenvalue weighted by atomic mass is 9.77. The molecule has 18 heavy (non-hydrogen) atoms. The lowest BCUT2D eigenvalue weighted by molar-refractivity contribution is 0.211. The van der Waals surface area contributed by atoms with E-state index in [0.29, 0.717) is 12.5 Å². The van der Waals surface area contributed by atoms with Crippen molar-refractivity contribution >= 4 is 16.7 Å². The molecule has 1 aliphatic carbocycles. The van der Waals surface area contributed by atoms with E-state index < -0.39 is 0 Å². The van der Waals surface area contributed by atoms with Crippen LogP contribution in [-0.2, 0) is 11.2 Å². The molecule has 1 aliphatic rings. The number of rotatable bonds is 5. The van der Waals surface area contributed by atoms with Crippen LogP contribution in [0, 0.1) is 0 Å². The molecular weight excluding hydrogens is 246 g/mol. The summed E-state index contributed by atoms with van der Waals surface area (Å²) in [6.07, 6.45) is 1.06. The molecule has 1 aromatic heterocycles. The van der Waals surface area contributed by atoms with Gasteiger partial charge in [-0.15, -0.1) is 0 Å². The van der Waals surface area contributed by atoms with Crippen molar-refractivity contribution in [2.45, 2.75) is 12.3 Å². The second-order valence-corrected chi connectivity index (χ2v) is 5.08. The average Bonchev–Trinajstić information content (AvgIpc) is 2.80. The van der Waals surface area contributed by atoms with Gasteiger partial charge in [0, 0.05) is 31.1 Å². The van der Waals surface area contributed by atoms with Gasteiger partial charge < -0.3 is 10.1 Å². The van der Waals surface area contributed by atoms with Crippen molar-refractivity contribution in [3.05, 3.63) is 41.2 Å². The van der Waals surface area contributed by atoms with Crippen LogP contribution in [-0.4, -0.2) is 29.6 Å². The first-order chi connectivity index (χ1) is 8.88. The Morgan fingerprint density at radius 3 is 3.17 bits per heavy atom. The van der Waals surface area contributed by atoms with E-state index in [0.717, 1.165) is 23.9 Å². The lowest BCUT2D eigenvalue weighted by Gasteiger charge is -2.27. The van der Waals surface area contributed by atoms with Crippen LogP contribution in [0.5, 0.6) is 0 Å². The number of nitrogens with one attached hydrogen (secondary N) is 1. The Bertz CT molecular complexity index is 541. The van der Waals surface area contributed by atoms with Crippen LogP contribution in [0.15, 0.2) is 24.3 Å². The molecule has 5 heteroatoms. The van der Waals surface area contributed by atoms with Gasteiger partial charge in [0.1, 0.15) is 0 Å². The topological polar surface area (TPSA) is 47.0 Å². The molecule has 0 spiro atoms. The molecule has 1 atom stereocenters. The van der Waals surface area contributed by atoms with E-state index in [4.69, 9.17) is 4.74 Å². The third-order valence-corrected chi connectivity index (χ3v) is 3.88. The number of nitrogens with zero attached hydrogens (tertiary/aromatic N) is 2. The fourth-order valence-electron chi connectivity index (χ4n) is 2.20. The minimum Gasteiger partial charge on any atom is -0.383 e. The first-order valence-electron chi connectivity index (χ1n) is 6.02. The quantitative estimate of drug-likeness (QED) is 0.839. The fourth-order valence-corrected chi connectivity index (χ4v) is 2.85. The molecule has 4 nitrogen and oxygen atoms in total. The maximum Gasteiger partial charge on any atom is 0.202 e. The highest BCUT2D eigenvalue weighted by Crippen LogP contribution is 2.39. The van der Waals surface area contributed by atoms with Crippen LogP contribution >= 0.6 is 11.5 Å². The van der Waals surface area contributed by atoms with Gasteiger partial charge in [-0.2, -0.15) is 4.37 Å². The predicted molar refractivity (Wildman–Crippen MR) is 72.3 cm³/mol. The lowest BCUT2D eigenvalue weighted by Crippen LogP contribution is -2.19. The molecule has 3 rings (SSSR count). The van der Waals surface area contributed by atoms with E-state index in [9.17, 15) is 0 Å². The largest absolute Gasteiger partial charge is 0.383 e. The molecule has 1 N–H and O–H groups in total. The van der Waals surface area contributed by atoms with Crippen molar-refractivity contribution in [3.8, 4) is 0 Å². The molecule has 1 heterocycles. The Morgan fingerprint density at radius 1 is 1.44 bits per heavy atom. The van der Waals surface area contributed by atoms with E-state index in [1.165, 1.54) is 22.7 Å². The van der Waals surface area contributed by atoms with E-state index in [1.54, 1.807) is 7.11 Å². The van der Waals surface area contributed by atoms with Gasteiger partial charge >= 0.3 is 0 Å². The second kappa shape index (κ2) is 5.04. The number of benzene rings is 1. The smallest absolute Gasteiger partial charge is 0.202 e. The Labute approximate surface area is 110 Å². The van der Waals surface area contributed by atoms with Crippen molar-refractivity contribution in [2.24, 2.45) is 0 Å². The van der Waals surface area contributed by atoms with Gasteiger partial charge in [-0.25, -0.2) is 4.98 Å². The van der Waals surface area contributed by atoms with Crippen LogP contribution in [0.4, 0.5) is 5.13 Å². The molecule has 94 valence electrons. The molecule has 2 aromatic rings. The molecule has 0 fully saturated rings. The van der Waals surface area contributed by atoms with Gasteiger partial charge in [-0.1, -0.05) is 24.3 Å². The predicted octanol–water partition coefficient (Wildman–Crippen LogP) is 2.28. The zero-order valence-corrected chi connectivity index (χ0v) is 11.0. The SMILES string of the molecule is COCCNc1nc(C2Cc3ccccc32)ns1. The van der Waals surface area contributed by atoms with Crippen molar-refractivity contribution in [2.75, 3.05) is 25.6 Å². The third kappa shape index (κ3) is 2.11. The van der Waals surface area contributed by atoms with Gasteiger partial charge in [0.15, 0.2) is 5.82 Å². The van der Waals surface area contributed by atoms with Crippen LogP contribution in [0.1, 0.15) is 22.9 Å². The van der Waals surface area contributed by atoms with E-state index in [-0.39, 0.29) is 0 Å². The molecule has 0 saturated carbocycles. The Balaban J connectivity index is 1.68. The molecule has 1 unspecified atom stereocenters. The van der Waals surface area contributed by atoms with E-state index >= 15 is 0 Å². The Morgan fingerprint density at radius 2 is 2.33 bits per heavy atom. The summed E-state index contributed by atoms with van der Waals surface area (Å²) in [5.74, 6) is 1.33. The molecular formula is C13H15N3OS. The number of anilines is 1. The molecule has 0 aliphatic heterocycles. The number of hydrogen-bond acceptors (Lipinski definition) is 5. The minimum atomic E-state index is 0.385. The summed E-state index contributed by atoms with van der Waals surface area (Å²) >= 11 is 1.42. The summed E-state index contributed by atoms with van der Waals surface area (Å²) in [5, 5.41) is 4.09. The first-order valence-corrected chi connectivity index (χ1v) is 6.80. The fraction of sp³-hybridized carbons (Fsp3) is 0.385. The summed E-state index contributed by atoms with van der Waals surface area (Å²) in [7, 11) is 1.69. The zero-order chi connectivity index (χ0) is 12.4. The van der Waals surface area contributed by atoms with Crippen molar-refractivity contribution in [1.82, 2.24) is 9.36 Å². The molecule has 0 amide bonds. The number of methoxy groups -OCH3 is 1. The van der Waals surface area contributed by atoms with Crippen LogP contribution in [0.3, 0.4) is 0 Å². The molecule has 0 saturated heterocycles. The monoisotopic (exact) mass is 261 g/mol. The van der Waals surface area contributed by atoms with Gasteiger partial charge in [0.05, 0.1) is 6.61 Å². The molecule has 0 bridgehead atoms. The maximum absolute atomic E-state index is 4.99. The minimum absolute atomic E-state index is 0.385. The van der Waals surface area contributed by atoms with Crippen LogP contribution in [0.25, 0.3) is 0 Å². The third-order valence-electron chi connectivity index (χ3n) is 3.19. The summed E-state index contributed by atoms with van der Waals surface area (Å²) in [6, 6.07) is 8.51. The summed E-state index contributed by atoms with van der Waals surface area (Å²) in [6.45, 7) is 1.45. The van der Waals surface area contributed by atoms with Crippen molar-refractivity contribution in [1.29, 1.82) is 0 Å². The standard InChI is InChI=1S/C13H15N3OS/c1-17-7-6-14-13-15-12(16-18-13)11-8-9-4-2-3-5-10(9)11/h2-5,11H,6-8H2,1H3,(H,14,15,16). The van der Waals surface area contributed by atoms with Crippen molar-refractivity contribution < 1.29 is 4.74 Å². The van der Waals surface area contributed by atoms with Gasteiger partial charge in [0.25, 0.3) is 0 Å². The van der Waals surface area contributed by atoms with Gasteiger partial charge in [-0.3, -0.25) is 0 Å². The number of ether oxygens (including phenoxy) is 1. The van der Waals surface area contributed by atoms with Gasteiger partial charge in [-0.05, 0) is 17.5 Å². The summed E-state index contributed by atoms with van der Waals surface area (Å²) < 4.78 is 9.43. The first kappa shape index (κ1) is 11.6. The second-order valence-electron chi connectivity index (χ2n) is 4.33. The highest BCUT2D eigenvalue weighted by atomic mass is 32.1. The van der Waals surface area contributed by atoms with Crippen molar-refractivity contribution in [3.63, 3.8) is 0 Å². The number of aromatic nitrogens is 2. The summed E-state index contributed by atoms with van der Waals surface area (Å²) in [4.78, 5) is 4.54. The van der Waals surface area contributed by atoms with E-state index in [1.807, 2.05) is 0 Å². The molecule has 0 radical (unpaired) electrons. The van der Waals surface area contributed by atoms with Crippen LogP contribution in [0.2, 0.25) is 0 Å². The van der Waals surface area contributed by atoms with Gasteiger partial charge in [0.2, 0.25) is 5.13 Å². The maximum atomic E-state index is 4.99. The van der Waals surface area contributed by atoms with Crippen LogP contribution < -0.4 is 5.32 Å². The summed E-state index contributed by atoms with van der Waals surface area (Å²) in [5.41, 5.74) is 2.80. The average molecular weight is 261 g/mol. The Kier molecular flexibility index (Phi) is 3.25. The molecule has 1 aromatic carbocycles. The number of hydrogen-bond donors (Lipinski definition) is 1. The Hall–Kier alpha value is -1.46.